The first kappa shape index (κ1) is 24.7. The summed E-state index contributed by atoms with van der Waals surface area (Å²) in [7, 11) is 0. The maximum absolute atomic E-state index is 12.3. The summed E-state index contributed by atoms with van der Waals surface area (Å²) in [5.41, 5.74) is -0.275. The number of aliphatic hydroxyl groups is 1. The van der Waals surface area contributed by atoms with Crippen LogP contribution in [0.25, 0.3) is 0 Å². The van der Waals surface area contributed by atoms with Gasteiger partial charge in [-0.05, 0) is 32.6 Å². The van der Waals surface area contributed by atoms with Crippen LogP contribution >= 0.6 is 0 Å². The van der Waals surface area contributed by atoms with Gasteiger partial charge in [-0.25, -0.2) is 0 Å². The number of amides is 1. The van der Waals surface area contributed by atoms with Crippen LogP contribution < -0.4 is 5.32 Å². The van der Waals surface area contributed by atoms with Gasteiger partial charge in [-0.1, -0.05) is 25.4 Å². The normalized spacial score (nSPS) is 28.0. The minimum Gasteiger partial charge on any atom is -0.483 e. The third-order valence-corrected chi connectivity index (χ3v) is 7.08. The molecular weight excluding hydrogens is 414 g/mol. The molecule has 180 valence electrons. The molecule has 1 aromatic heterocycles. The van der Waals surface area contributed by atoms with Gasteiger partial charge in [-0.3, -0.25) is 14.5 Å². The van der Waals surface area contributed by atoms with Crippen LogP contribution in [0.2, 0.25) is 0 Å². The molecule has 0 radical (unpaired) electrons. The maximum Gasteiger partial charge on any atom is 0.290 e. The SMILES string of the molecule is CC(C)c1cc(CN2CCC3(CC2)C[C@](C)(O)[C@@H](NC(=O)C2CCC2)CO3)no1.O=CO. The van der Waals surface area contributed by atoms with Crippen LogP contribution in [-0.4, -0.2) is 69.6 Å². The number of piperidine rings is 1. The molecular formula is C23H37N3O6. The Hall–Kier alpha value is -1.97. The number of likely N-dealkylation sites (tertiary alicyclic amines) is 1. The summed E-state index contributed by atoms with van der Waals surface area (Å²) in [6.07, 6.45) is 5.37. The summed E-state index contributed by atoms with van der Waals surface area (Å²) in [4.78, 5) is 23.0. The Kier molecular flexibility index (Phi) is 7.95. The molecule has 0 bridgehead atoms. The highest BCUT2D eigenvalue weighted by molar-refractivity contribution is 5.79. The maximum atomic E-state index is 12.3. The average Bonchev–Trinajstić information content (AvgIpc) is 3.14. The molecule has 1 amide bonds. The zero-order valence-electron chi connectivity index (χ0n) is 19.4. The van der Waals surface area contributed by atoms with E-state index in [0.717, 1.165) is 63.2 Å². The second kappa shape index (κ2) is 10.3. The first-order valence-corrected chi connectivity index (χ1v) is 11.6. The molecule has 3 fully saturated rings. The predicted octanol–water partition coefficient (Wildman–Crippen LogP) is 2.29. The smallest absolute Gasteiger partial charge is 0.290 e. The van der Waals surface area contributed by atoms with Gasteiger partial charge < -0.3 is 24.8 Å². The fourth-order valence-corrected chi connectivity index (χ4v) is 4.77. The minimum atomic E-state index is -0.946. The van der Waals surface area contributed by atoms with Crippen LogP contribution in [0.5, 0.6) is 0 Å². The fourth-order valence-electron chi connectivity index (χ4n) is 4.77. The lowest BCUT2D eigenvalue weighted by Gasteiger charge is -2.51. The van der Waals surface area contributed by atoms with Crippen molar-refractivity contribution in [1.82, 2.24) is 15.4 Å². The van der Waals surface area contributed by atoms with Gasteiger partial charge in [-0.2, -0.15) is 0 Å². The molecule has 1 spiro atoms. The molecule has 3 heterocycles. The van der Waals surface area contributed by atoms with E-state index < -0.39 is 5.60 Å². The summed E-state index contributed by atoms with van der Waals surface area (Å²) >= 11 is 0. The van der Waals surface area contributed by atoms with Crippen molar-refractivity contribution in [3.63, 3.8) is 0 Å². The molecule has 2 saturated heterocycles. The second-order valence-corrected chi connectivity index (χ2v) is 9.97. The summed E-state index contributed by atoms with van der Waals surface area (Å²) in [5, 5.41) is 25.2. The van der Waals surface area contributed by atoms with Crippen molar-refractivity contribution in [3.8, 4) is 0 Å². The number of ether oxygens (including phenoxy) is 1. The molecule has 3 aliphatic rings. The molecule has 2 aliphatic heterocycles. The zero-order valence-corrected chi connectivity index (χ0v) is 19.4. The number of carbonyl (C=O) groups excluding carboxylic acids is 1. The fraction of sp³-hybridized carbons (Fsp3) is 0.783. The highest BCUT2D eigenvalue weighted by Gasteiger charge is 2.49. The van der Waals surface area contributed by atoms with Gasteiger partial charge in [0.2, 0.25) is 5.91 Å². The quantitative estimate of drug-likeness (QED) is 0.583. The number of nitrogens with zero attached hydrogens (tertiary/aromatic N) is 2. The second-order valence-electron chi connectivity index (χ2n) is 9.97. The van der Waals surface area contributed by atoms with E-state index in [1.165, 1.54) is 0 Å². The summed E-state index contributed by atoms with van der Waals surface area (Å²) in [6, 6.07) is 1.72. The largest absolute Gasteiger partial charge is 0.483 e. The van der Waals surface area contributed by atoms with Gasteiger partial charge in [0.1, 0.15) is 5.76 Å². The Balaban J connectivity index is 0.000000913. The number of nitrogens with one attached hydrogen (secondary N) is 1. The molecule has 0 unspecified atom stereocenters. The number of aromatic nitrogens is 1. The lowest BCUT2D eigenvalue weighted by Crippen LogP contribution is -2.64. The number of carboxylic acid groups (broad SMARTS) is 1. The van der Waals surface area contributed by atoms with E-state index in [-0.39, 0.29) is 29.9 Å². The topological polar surface area (TPSA) is 125 Å². The molecule has 3 N–H and O–H groups in total. The minimum absolute atomic E-state index is 0.0734. The van der Waals surface area contributed by atoms with Crippen LogP contribution in [0.4, 0.5) is 0 Å². The number of hydrogen-bond donors (Lipinski definition) is 3. The first-order valence-electron chi connectivity index (χ1n) is 11.6. The standard InChI is InChI=1S/C22H35N3O4.CH2O2/c1-15(2)18-11-17(24-29-18)12-25-9-7-22(8-10-25)14-21(3,27)19(13-28-22)23-20(26)16-5-4-6-16;2-1-3/h11,15-16,19,27H,4-10,12-14H2,1-3H3,(H,23,26);1H,(H,2,3)/t19-,21-;/m0./s1. The van der Waals surface area contributed by atoms with Crippen LogP contribution in [0, 0.1) is 5.92 Å². The van der Waals surface area contributed by atoms with E-state index in [4.69, 9.17) is 19.2 Å². The van der Waals surface area contributed by atoms with Crippen molar-refractivity contribution < 1.29 is 29.1 Å². The van der Waals surface area contributed by atoms with Crippen molar-refractivity contribution in [3.05, 3.63) is 17.5 Å². The Morgan fingerprint density at radius 2 is 2.03 bits per heavy atom. The van der Waals surface area contributed by atoms with Crippen molar-refractivity contribution in [2.45, 2.75) is 89.0 Å². The van der Waals surface area contributed by atoms with Crippen LogP contribution in [0.15, 0.2) is 10.6 Å². The van der Waals surface area contributed by atoms with Crippen molar-refractivity contribution in [2.75, 3.05) is 19.7 Å². The van der Waals surface area contributed by atoms with E-state index >= 15 is 0 Å². The summed E-state index contributed by atoms with van der Waals surface area (Å²) in [6.45, 7) is 8.76. The number of carbonyl (C=O) groups is 2. The first-order chi connectivity index (χ1) is 15.2. The molecule has 9 nitrogen and oxygen atoms in total. The summed E-state index contributed by atoms with van der Waals surface area (Å²) in [5.74, 6) is 1.47. The van der Waals surface area contributed by atoms with Gasteiger partial charge in [-0.15, -0.1) is 0 Å². The third kappa shape index (κ3) is 5.88. The Morgan fingerprint density at radius 1 is 1.38 bits per heavy atom. The van der Waals surface area contributed by atoms with Gasteiger partial charge in [0.05, 0.1) is 29.5 Å². The highest BCUT2D eigenvalue weighted by atomic mass is 16.5. The van der Waals surface area contributed by atoms with E-state index in [9.17, 15) is 9.90 Å². The molecule has 9 heteroatoms. The Labute approximate surface area is 189 Å². The molecule has 2 atom stereocenters. The zero-order chi connectivity index (χ0) is 23.4. The van der Waals surface area contributed by atoms with E-state index in [1.54, 1.807) is 0 Å². The third-order valence-electron chi connectivity index (χ3n) is 7.08. The van der Waals surface area contributed by atoms with Gasteiger partial charge in [0, 0.05) is 44.0 Å². The Morgan fingerprint density at radius 3 is 2.53 bits per heavy atom. The van der Waals surface area contributed by atoms with Crippen LogP contribution in [0.1, 0.15) is 76.7 Å². The number of hydrogen-bond acceptors (Lipinski definition) is 7. The lowest BCUT2D eigenvalue weighted by molar-refractivity contribution is -0.190. The van der Waals surface area contributed by atoms with E-state index in [0.29, 0.717) is 18.9 Å². The molecule has 1 aromatic rings. The van der Waals surface area contributed by atoms with E-state index in [2.05, 4.69) is 29.2 Å². The average molecular weight is 452 g/mol. The molecule has 1 aliphatic carbocycles. The van der Waals surface area contributed by atoms with Gasteiger partial charge in [0.25, 0.3) is 6.47 Å². The lowest BCUT2D eigenvalue weighted by atomic mass is 9.75. The number of rotatable bonds is 5. The van der Waals surface area contributed by atoms with Crippen LogP contribution in [0.3, 0.4) is 0 Å². The monoisotopic (exact) mass is 451 g/mol. The van der Waals surface area contributed by atoms with E-state index in [1.807, 2.05) is 13.0 Å². The predicted molar refractivity (Wildman–Crippen MR) is 117 cm³/mol. The highest BCUT2D eigenvalue weighted by Crippen LogP contribution is 2.40. The van der Waals surface area contributed by atoms with Crippen molar-refractivity contribution in [2.24, 2.45) is 5.92 Å². The molecule has 4 rings (SSSR count). The molecule has 0 aromatic carbocycles. The van der Waals surface area contributed by atoms with Crippen LogP contribution in [-0.2, 0) is 20.9 Å². The molecule has 32 heavy (non-hydrogen) atoms. The molecule has 1 saturated carbocycles. The van der Waals surface area contributed by atoms with Gasteiger partial charge in [0.15, 0.2) is 0 Å². The van der Waals surface area contributed by atoms with Gasteiger partial charge >= 0.3 is 0 Å². The Bertz CT molecular complexity index is 766. The summed E-state index contributed by atoms with van der Waals surface area (Å²) < 4.78 is 11.7. The van der Waals surface area contributed by atoms with Crippen molar-refractivity contribution >= 4 is 12.4 Å². The van der Waals surface area contributed by atoms with Crippen molar-refractivity contribution in [1.29, 1.82) is 0 Å².